The maximum atomic E-state index is 13.7. The van der Waals surface area contributed by atoms with Crippen molar-refractivity contribution in [3.05, 3.63) is 64.6 Å². The first kappa shape index (κ1) is 22.2. The molecule has 3 rings (SSSR count). The molecule has 1 unspecified atom stereocenters. The number of carbonyl (C=O) groups is 2. The molecule has 0 bridgehead atoms. The number of benzene rings is 1. The zero-order valence-corrected chi connectivity index (χ0v) is 19.1. The molecule has 1 aromatic carbocycles. The van der Waals surface area contributed by atoms with Gasteiger partial charge in [-0.2, -0.15) is 0 Å². The van der Waals surface area contributed by atoms with Crippen LogP contribution in [0.2, 0.25) is 0 Å². The monoisotopic (exact) mass is 426 g/mol. The van der Waals surface area contributed by atoms with Gasteiger partial charge >= 0.3 is 0 Å². The van der Waals surface area contributed by atoms with E-state index in [0.717, 1.165) is 22.6 Å². The lowest BCUT2D eigenvalue weighted by Crippen LogP contribution is -2.62. The Kier molecular flexibility index (Phi) is 6.46. The smallest absolute Gasteiger partial charge is 0.256 e. The average molecular weight is 427 g/mol. The molecule has 1 N–H and O–H groups in total. The van der Waals surface area contributed by atoms with Crippen LogP contribution >= 0.6 is 11.8 Å². The molecule has 1 aliphatic carbocycles. The predicted molar refractivity (Wildman–Crippen MR) is 122 cm³/mol. The van der Waals surface area contributed by atoms with Crippen molar-refractivity contribution >= 4 is 23.6 Å². The number of amides is 2. The Labute approximate surface area is 183 Å². The van der Waals surface area contributed by atoms with Gasteiger partial charge in [-0.3, -0.25) is 9.59 Å². The molecule has 0 radical (unpaired) electrons. The molecule has 160 valence electrons. The Bertz CT molecular complexity index is 909. The lowest BCUT2D eigenvalue weighted by atomic mass is 9.96. The molecule has 0 saturated carbocycles. The predicted octanol–water partition coefficient (Wildman–Crippen LogP) is 4.21. The SMILES string of the molecule is COc1ccc(CN2C(=O)C3=C(C=CCC=C3)SCC2(C)C(=O)NC(C)(C)C)cc1. The van der Waals surface area contributed by atoms with Gasteiger partial charge in [0.05, 0.1) is 12.7 Å². The van der Waals surface area contributed by atoms with Gasteiger partial charge in [0.15, 0.2) is 0 Å². The molecule has 1 heterocycles. The summed E-state index contributed by atoms with van der Waals surface area (Å²) in [4.78, 5) is 29.8. The number of allylic oxidation sites excluding steroid dienone is 3. The van der Waals surface area contributed by atoms with E-state index in [1.165, 1.54) is 0 Å². The second-order valence-corrected chi connectivity index (χ2v) is 9.84. The van der Waals surface area contributed by atoms with Crippen LogP contribution in [0.25, 0.3) is 0 Å². The summed E-state index contributed by atoms with van der Waals surface area (Å²) in [5.41, 5.74) is 0.203. The molecule has 2 amide bonds. The minimum absolute atomic E-state index is 0.125. The summed E-state index contributed by atoms with van der Waals surface area (Å²) in [5.74, 6) is 0.968. The van der Waals surface area contributed by atoms with E-state index in [4.69, 9.17) is 4.74 Å². The number of ether oxygens (including phenoxy) is 1. The highest BCUT2D eigenvalue weighted by Gasteiger charge is 2.46. The van der Waals surface area contributed by atoms with Crippen molar-refractivity contribution in [3.8, 4) is 5.75 Å². The van der Waals surface area contributed by atoms with E-state index in [9.17, 15) is 9.59 Å². The molecular formula is C24H30N2O3S. The van der Waals surface area contributed by atoms with E-state index < -0.39 is 11.1 Å². The summed E-state index contributed by atoms with van der Waals surface area (Å²) in [6.07, 6.45) is 8.71. The first-order valence-electron chi connectivity index (χ1n) is 10.1. The fraction of sp³-hybridized carbons (Fsp3) is 0.417. The van der Waals surface area contributed by atoms with Crippen molar-refractivity contribution < 1.29 is 14.3 Å². The zero-order valence-electron chi connectivity index (χ0n) is 18.3. The van der Waals surface area contributed by atoms with E-state index in [1.807, 2.05) is 76.3 Å². The highest BCUT2D eigenvalue weighted by Crippen LogP contribution is 2.37. The van der Waals surface area contributed by atoms with Crippen molar-refractivity contribution in [1.82, 2.24) is 10.2 Å². The Morgan fingerprint density at radius 2 is 1.87 bits per heavy atom. The van der Waals surface area contributed by atoms with Crippen LogP contribution in [0.5, 0.6) is 5.75 Å². The molecule has 1 aliphatic heterocycles. The normalized spacial score (nSPS) is 21.8. The molecule has 6 heteroatoms. The number of rotatable bonds is 4. The fourth-order valence-electron chi connectivity index (χ4n) is 3.40. The lowest BCUT2D eigenvalue weighted by Gasteiger charge is -2.40. The number of carbonyl (C=O) groups excluding carboxylic acids is 2. The molecule has 1 aromatic rings. The number of hydrogen-bond donors (Lipinski definition) is 1. The standard InChI is InChI=1S/C24H30N2O3S/c1-23(2,3)25-22(28)24(4)16-30-20-10-8-6-7-9-19(20)21(27)26(24)15-17-11-13-18(29-5)14-12-17/h7-14H,6,15-16H2,1-5H3,(H,25,28). The third kappa shape index (κ3) is 4.81. The topological polar surface area (TPSA) is 58.6 Å². The van der Waals surface area contributed by atoms with Gasteiger partial charge in [0.1, 0.15) is 11.3 Å². The Balaban J connectivity index is 2.02. The van der Waals surface area contributed by atoms with Gasteiger partial charge in [0, 0.05) is 22.7 Å². The van der Waals surface area contributed by atoms with Gasteiger partial charge in [-0.1, -0.05) is 36.4 Å². The third-order valence-corrected chi connectivity index (χ3v) is 6.52. The average Bonchev–Trinajstić information content (AvgIpc) is 2.98. The molecule has 0 saturated heterocycles. The highest BCUT2D eigenvalue weighted by atomic mass is 32.2. The lowest BCUT2D eigenvalue weighted by molar-refractivity contribution is -0.144. The van der Waals surface area contributed by atoms with E-state index in [1.54, 1.807) is 23.8 Å². The molecule has 5 nitrogen and oxygen atoms in total. The van der Waals surface area contributed by atoms with Crippen molar-refractivity contribution in [2.75, 3.05) is 12.9 Å². The fourth-order valence-corrected chi connectivity index (χ4v) is 4.63. The van der Waals surface area contributed by atoms with Crippen molar-refractivity contribution in [2.24, 2.45) is 0 Å². The number of nitrogens with one attached hydrogen (secondary N) is 1. The van der Waals surface area contributed by atoms with E-state index in [0.29, 0.717) is 17.9 Å². The molecule has 2 aliphatic rings. The second kappa shape index (κ2) is 8.72. The van der Waals surface area contributed by atoms with Gasteiger partial charge in [-0.15, -0.1) is 11.8 Å². The summed E-state index contributed by atoms with van der Waals surface area (Å²) in [6, 6.07) is 7.62. The minimum Gasteiger partial charge on any atom is -0.497 e. The number of hydrogen-bond acceptors (Lipinski definition) is 4. The summed E-state index contributed by atoms with van der Waals surface area (Å²) in [7, 11) is 1.62. The Morgan fingerprint density at radius 1 is 1.20 bits per heavy atom. The first-order chi connectivity index (χ1) is 14.1. The zero-order chi connectivity index (χ0) is 21.9. The van der Waals surface area contributed by atoms with Gasteiger partial charge in [-0.05, 0) is 51.8 Å². The minimum atomic E-state index is -0.997. The summed E-state index contributed by atoms with van der Waals surface area (Å²) >= 11 is 1.56. The van der Waals surface area contributed by atoms with E-state index in [-0.39, 0.29) is 11.8 Å². The number of thioether (sulfide) groups is 1. The molecule has 30 heavy (non-hydrogen) atoms. The van der Waals surface area contributed by atoms with Crippen LogP contribution in [0.4, 0.5) is 0 Å². The maximum Gasteiger partial charge on any atom is 0.256 e. The quantitative estimate of drug-likeness (QED) is 0.783. The third-order valence-electron chi connectivity index (χ3n) is 5.15. The van der Waals surface area contributed by atoms with Crippen LogP contribution < -0.4 is 10.1 Å². The van der Waals surface area contributed by atoms with Gasteiger partial charge in [-0.25, -0.2) is 0 Å². The molecule has 0 spiro atoms. The van der Waals surface area contributed by atoms with Crippen molar-refractivity contribution in [1.29, 1.82) is 0 Å². The van der Waals surface area contributed by atoms with Crippen LogP contribution in [-0.2, 0) is 16.1 Å². The van der Waals surface area contributed by atoms with Crippen molar-refractivity contribution in [2.45, 2.75) is 51.7 Å². The van der Waals surface area contributed by atoms with Crippen LogP contribution in [0, 0.1) is 0 Å². The molecule has 0 aromatic heterocycles. The summed E-state index contributed by atoms with van der Waals surface area (Å²) in [5, 5.41) is 3.08. The number of nitrogens with zero attached hydrogens (tertiary/aromatic N) is 1. The first-order valence-corrected chi connectivity index (χ1v) is 11.1. The summed E-state index contributed by atoms with van der Waals surface area (Å²) in [6.45, 7) is 8.06. The second-order valence-electron chi connectivity index (χ2n) is 8.82. The summed E-state index contributed by atoms with van der Waals surface area (Å²) < 4.78 is 5.25. The van der Waals surface area contributed by atoms with Crippen LogP contribution in [0.1, 0.15) is 39.7 Å². The van der Waals surface area contributed by atoms with Crippen LogP contribution in [-0.4, -0.2) is 40.7 Å². The molecule has 1 atom stereocenters. The van der Waals surface area contributed by atoms with Gasteiger partial charge in [0.25, 0.3) is 5.91 Å². The van der Waals surface area contributed by atoms with Crippen molar-refractivity contribution in [3.63, 3.8) is 0 Å². The molecular weight excluding hydrogens is 396 g/mol. The van der Waals surface area contributed by atoms with Crippen LogP contribution in [0.3, 0.4) is 0 Å². The van der Waals surface area contributed by atoms with Crippen LogP contribution in [0.15, 0.2) is 59.0 Å². The Hall–Kier alpha value is -2.47. The Morgan fingerprint density at radius 3 is 2.50 bits per heavy atom. The van der Waals surface area contributed by atoms with E-state index >= 15 is 0 Å². The largest absolute Gasteiger partial charge is 0.497 e. The van der Waals surface area contributed by atoms with E-state index in [2.05, 4.69) is 5.32 Å². The van der Waals surface area contributed by atoms with Gasteiger partial charge < -0.3 is 15.0 Å². The number of methoxy groups -OCH3 is 1. The van der Waals surface area contributed by atoms with Gasteiger partial charge in [0.2, 0.25) is 5.91 Å². The highest BCUT2D eigenvalue weighted by molar-refractivity contribution is 8.03. The molecule has 0 fully saturated rings. The maximum absolute atomic E-state index is 13.7.